The van der Waals surface area contributed by atoms with Crippen LogP contribution in [0.5, 0.6) is 0 Å². The molecule has 1 fully saturated rings. The van der Waals surface area contributed by atoms with E-state index >= 15 is 0 Å². The van der Waals surface area contributed by atoms with Crippen molar-refractivity contribution in [2.75, 3.05) is 13.1 Å². The van der Waals surface area contributed by atoms with Gasteiger partial charge in [-0.15, -0.1) is 0 Å². The van der Waals surface area contributed by atoms with Crippen molar-refractivity contribution in [3.63, 3.8) is 0 Å². The number of carbonyl (C=O) groups excluding carboxylic acids is 1. The van der Waals surface area contributed by atoms with Crippen LogP contribution in [-0.4, -0.2) is 44.4 Å². The van der Waals surface area contributed by atoms with E-state index in [1.807, 2.05) is 11.8 Å². The average Bonchev–Trinajstić information content (AvgIpc) is 2.83. The number of nitrogens with zero attached hydrogens (tertiary/aromatic N) is 3. The number of aryl methyl sites for hydroxylation is 1. The lowest BCUT2D eigenvalue weighted by atomic mass is 9.78. The van der Waals surface area contributed by atoms with Gasteiger partial charge in [0.2, 0.25) is 5.91 Å². The molecule has 0 spiro atoms. The Balaban J connectivity index is 1.90. The van der Waals surface area contributed by atoms with Crippen molar-refractivity contribution in [3.8, 4) is 0 Å². The van der Waals surface area contributed by atoms with Gasteiger partial charge in [-0.05, 0) is 25.7 Å². The molecule has 22 heavy (non-hydrogen) atoms. The van der Waals surface area contributed by atoms with Gasteiger partial charge >= 0.3 is 0 Å². The highest BCUT2D eigenvalue weighted by Gasteiger charge is 2.38. The summed E-state index contributed by atoms with van der Waals surface area (Å²) in [6.07, 6.45) is 5.28. The molecule has 1 aromatic heterocycles. The minimum atomic E-state index is -0.670. The van der Waals surface area contributed by atoms with Crippen molar-refractivity contribution >= 4 is 17.5 Å². The highest BCUT2D eigenvalue weighted by Crippen LogP contribution is 2.32. The largest absolute Gasteiger partial charge is 0.390 e. The van der Waals surface area contributed by atoms with Crippen LogP contribution in [-0.2, 0) is 11.3 Å². The third-order valence-corrected chi connectivity index (χ3v) is 4.67. The van der Waals surface area contributed by atoms with Crippen LogP contribution in [0.4, 0.5) is 0 Å². The predicted octanol–water partition coefficient (Wildman–Crippen LogP) is 2.57. The molecule has 1 aromatic rings. The Morgan fingerprint density at radius 1 is 1.59 bits per heavy atom. The van der Waals surface area contributed by atoms with E-state index < -0.39 is 5.60 Å². The van der Waals surface area contributed by atoms with Gasteiger partial charge in [-0.3, -0.25) is 9.48 Å². The Kier molecular flexibility index (Phi) is 5.50. The fourth-order valence-corrected chi connectivity index (χ4v) is 3.23. The Hall–Kier alpha value is -1.07. The van der Waals surface area contributed by atoms with E-state index in [0.29, 0.717) is 43.4 Å². The molecule has 0 unspecified atom stereocenters. The zero-order valence-corrected chi connectivity index (χ0v) is 14.4. The molecule has 124 valence electrons. The van der Waals surface area contributed by atoms with Crippen LogP contribution in [0.25, 0.3) is 0 Å². The van der Waals surface area contributed by atoms with Crippen LogP contribution in [0.3, 0.4) is 0 Å². The van der Waals surface area contributed by atoms with Gasteiger partial charge in [-0.25, -0.2) is 0 Å². The molecule has 1 amide bonds. The topological polar surface area (TPSA) is 58.4 Å². The maximum Gasteiger partial charge on any atom is 0.224 e. The summed E-state index contributed by atoms with van der Waals surface area (Å²) in [5.74, 6) is 0.776. The van der Waals surface area contributed by atoms with Crippen LogP contribution in [0.15, 0.2) is 12.4 Å². The van der Waals surface area contributed by atoms with Crippen LogP contribution < -0.4 is 0 Å². The lowest BCUT2D eigenvalue weighted by Crippen LogP contribution is -2.52. The van der Waals surface area contributed by atoms with E-state index in [9.17, 15) is 9.90 Å². The maximum absolute atomic E-state index is 12.4. The molecule has 6 heteroatoms. The maximum atomic E-state index is 12.4. The zero-order chi connectivity index (χ0) is 16.3. The first-order valence-electron chi connectivity index (χ1n) is 7.96. The van der Waals surface area contributed by atoms with Gasteiger partial charge in [0.05, 0.1) is 16.8 Å². The number of halogens is 1. The third kappa shape index (κ3) is 4.46. The summed E-state index contributed by atoms with van der Waals surface area (Å²) < 4.78 is 1.69. The van der Waals surface area contributed by atoms with Crippen LogP contribution in [0, 0.1) is 11.8 Å². The van der Waals surface area contributed by atoms with Gasteiger partial charge in [-0.2, -0.15) is 5.10 Å². The summed E-state index contributed by atoms with van der Waals surface area (Å²) in [5, 5.41) is 15.2. The molecule has 0 aliphatic carbocycles. The van der Waals surface area contributed by atoms with Gasteiger partial charge in [0.25, 0.3) is 0 Å². The molecule has 1 N–H and O–H groups in total. The highest BCUT2D eigenvalue weighted by molar-refractivity contribution is 6.30. The summed E-state index contributed by atoms with van der Waals surface area (Å²) in [7, 11) is 0. The highest BCUT2D eigenvalue weighted by atomic mass is 35.5. The number of likely N-dealkylation sites (tertiary alicyclic amines) is 1. The monoisotopic (exact) mass is 327 g/mol. The average molecular weight is 328 g/mol. The molecule has 2 atom stereocenters. The predicted molar refractivity (Wildman–Crippen MR) is 86.6 cm³/mol. The van der Waals surface area contributed by atoms with Crippen molar-refractivity contribution in [2.24, 2.45) is 11.8 Å². The molecule has 0 bridgehead atoms. The molecule has 2 rings (SSSR count). The van der Waals surface area contributed by atoms with Gasteiger partial charge in [0.1, 0.15) is 0 Å². The van der Waals surface area contributed by atoms with Crippen LogP contribution in [0.1, 0.15) is 40.0 Å². The summed E-state index contributed by atoms with van der Waals surface area (Å²) in [4.78, 5) is 14.3. The molecule has 0 saturated carbocycles. The van der Waals surface area contributed by atoms with Crippen molar-refractivity contribution < 1.29 is 9.90 Å². The van der Waals surface area contributed by atoms with Gasteiger partial charge in [0, 0.05) is 38.2 Å². The summed E-state index contributed by atoms with van der Waals surface area (Å²) in [6.45, 7) is 8.00. The number of aromatic nitrogens is 2. The molecule has 0 aromatic carbocycles. The Bertz CT molecular complexity index is 513. The smallest absolute Gasteiger partial charge is 0.224 e. The van der Waals surface area contributed by atoms with Crippen molar-refractivity contribution in [2.45, 2.75) is 52.2 Å². The molecular weight excluding hydrogens is 302 g/mol. The van der Waals surface area contributed by atoms with Gasteiger partial charge in [-0.1, -0.05) is 25.4 Å². The third-order valence-electron chi connectivity index (χ3n) is 4.47. The number of carbonyl (C=O) groups is 1. The number of amides is 1. The minimum absolute atomic E-state index is 0.121. The number of rotatable bonds is 5. The standard InChI is InChI=1S/C16H26ClN3O2/c1-12(2)8-13-10-19(7-5-16(13,3)22)15(21)4-6-20-11-14(17)9-18-20/h9,11-13,22H,4-8,10H2,1-3H3/t13-,16+/m0/s1. The Labute approximate surface area is 137 Å². The van der Waals surface area contributed by atoms with E-state index in [4.69, 9.17) is 11.6 Å². The minimum Gasteiger partial charge on any atom is -0.390 e. The van der Waals surface area contributed by atoms with E-state index in [0.717, 1.165) is 6.42 Å². The van der Waals surface area contributed by atoms with Crippen LogP contribution >= 0.6 is 11.6 Å². The molecule has 5 nitrogen and oxygen atoms in total. The second-order valence-electron chi connectivity index (χ2n) is 6.95. The SMILES string of the molecule is CC(C)C[C@H]1CN(C(=O)CCn2cc(Cl)cn2)CC[C@@]1(C)O. The first-order valence-corrected chi connectivity index (χ1v) is 8.34. The molecule has 1 aliphatic rings. The zero-order valence-electron chi connectivity index (χ0n) is 13.6. The Morgan fingerprint density at radius 2 is 2.32 bits per heavy atom. The van der Waals surface area contributed by atoms with Crippen molar-refractivity contribution in [3.05, 3.63) is 17.4 Å². The van der Waals surface area contributed by atoms with E-state index in [2.05, 4.69) is 18.9 Å². The fraction of sp³-hybridized carbons (Fsp3) is 0.750. The summed E-state index contributed by atoms with van der Waals surface area (Å²) >= 11 is 5.82. The van der Waals surface area contributed by atoms with E-state index in [-0.39, 0.29) is 11.8 Å². The number of aliphatic hydroxyl groups is 1. The number of piperidine rings is 1. The van der Waals surface area contributed by atoms with Gasteiger partial charge < -0.3 is 10.0 Å². The van der Waals surface area contributed by atoms with Gasteiger partial charge in [0.15, 0.2) is 0 Å². The molecule has 1 saturated heterocycles. The molecule has 2 heterocycles. The summed E-state index contributed by atoms with van der Waals surface area (Å²) in [6, 6.07) is 0. The second-order valence-corrected chi connectivity index (χ2v) is 7.38. The van der Waals surface area contributed by atoms with Crippen LogP contribution in [0.2, 0.25) is 5.02 Å². The lowest BCUT2D eigenvalue weighted by Gasteiger charge is -2.43. The fourth-order valence-electron chi connectivity index (χ4n) is 3.07. The first-order chi connectivity index (χ1) is 10.3. The number of hydrogen-bond donors (Lipinski definition) is 1. The van der Waals surface area contributed by atoms with E-state index in [1.54, 1.807) is 17.1 Å². The molecule has 1 aliphatic heterocycles. The molecule has 0 radical (unpaired) electrons. The van der Waals surface area contributed by atoms with Crippen molar-refractivity contribution in [1.82, 2.24) is 14.7 Å². The van der Waals surface area contributed by atoms with Crippen molar-refractivity contribution in [1.29, 1.82) is 0 Å². The molecular formula is C16H26ClN3O2. The number of hydrogen-bond acceptors (Lipinski definition) is 3. The lowest BCUT2D eigenvalue weighted by molar-refractivity contribution is -0.139. The van der Waals surface area contributed by atoms with E-state index in [1.165, 1.54) is 0 Å². The Morgan fingerprint density at radius 3 is 2.91 bits per heavy atom. The first kappa shape index (κ1) is 17.3. The second kappa shape index (κ2) is 7.01. The summed E-state index contributed by atoms with van der Waals surface area (Å²) in [5.41, 5.74) is -0.670. The quantitative estimate of drug-likeness (QED) is 0.904. The normalized spacial score (nSPS) is 25.7.